The zero-order valence-corrected chi connectivity index (χ0v) is 10.5. The lowest BCUT2D eigenvalue weighted by atomic mass is 10.1. The lowest BCUT2D eigenvalue weighted by Crippen LogP contribution is -1.92. The molecule has 0 saturated carbocycles. The van der Waals surface area contributed by atoms with Crippen LogP contribution in [0.15, 0.2) is 42.5 Å². The summed E-state index contributed by atoms with van der Waals surface area (Å²) in [6.07, 6.45) is 0. The highest BCUT2D eigenvalue weighted by atomic mass is 15.1. The minimum Gasteiger partial charge on any atom is -0.397 e. The predicted octanol–water partition coefficient (Wildman–Crippen LogP) is 3.13. The van der Waals surface area contributed by atoms with Gasteiger partial charge in [-0.2, -0.15) is 0 Å². The molecule has 1 aromatic heterocycles. The maximum absolute atomic E-state index is 5.96. The summed E-state index contributed by atoms with van der Waals surface area (Å²) in [7, 11) is 2.02. The molecule has 0 saturated heterocycles. The maximum Gasteiger partial charge on any atom is 0.140 e. The molecule has 3 nitrogen and oxygen atoms in total. The maximum atomic E-state index is 5.96. The normalized spacial score (nSPS) is 11.0. The van der Waals surface area contributed by atoms with E-state index in [1.807, 2.05) is 25.2 Å². The van der Waals surface area contributed by atoms with Gasteiger partial charge in [0.25, 0.3) is 0 Å². The molecule has 0 aliphatic carbocycles. The molecule has 0 atom stereocenters. The molecule has 3 rings (SSSR count). The Balaban J connectivity index is 2.27. The quantitative estimate of drug-likeness (QED) is 0.661. The highest BCUT2D eigenvalue weighted by Gasteiger charge is 2.10. The van der Waals surface area contributed by atoms with Crippen molar-refractivity contribution in [2.24, 2.45) is 7.05 Å². The van der Waals surface area contributed by atoms with E-state index in [4.69, 9.17) is 5.73 Å². The van der Waals surface area contributed by atoms with Crippen LogP contribution in [0.3, 0.4) is 0 Å². The fourth-order valence-electron chi connectivity index (χ4n) is 2.20. The van der Waals surface area contributed by atoms with Crippen LogP contribution in [0.4, 0.5) is 5.69 Å². The SMILES string of the molecule is Cc1ccc(-c2nc3c(N)cccc3n2C)cc1. The Kier molecular flexibility index (Phi) is 2.33. The lowest BCUT2D eigenvalue weighted by molar-refractivity contribution is 0.959. The number of nitrogens with two attached hydrogens (primary N) is 1. The summed E-state index contributed by atoms with van der Waals surface area (Å²) in [4.78, 5) is 4.65. The van der Waals surface area contributed by atoms with E-state index in [9.17, 15) is 0 Å². The molecule has 0 unspecified atom stereocenters. The second-order valence-corrected chi connectivity index (χ2v) is 4.58. The van der Waals surface area contributed by atoms with Crippen LogP contribution >= 0.6 is 0 Å². The first kappa shape index (κ1) is 10.8. The first-order valence-corrected chi connectivity index (χ1v) is 5.95. The van der Waals surface area contributed by atoms with Crippen molar-refractivity contribution in [2.75, 3.05) is 5.73 Å². The van der Waals surface area contributed by atoms with Gasteiger partial charge in [-0.3, -0.25) is 0 Å². The zero-order valence-electron chi connectivity index (χ0n) is 10.5. The van der Waals surface area contributed by atoms with Gasteiger partial charge < -0.3 is 10.3 Å². The van der Waals surface area contributed by atoms with Crippen LogP contribution in [-0.2, 0) is 7.05 Å². The summed E-state index contributed by atoms with van der Waals surface area (Å²) in [6.45, 7) is 2.08. The van der Waals surface area contributed by atoms with Crippen molar-refractivity contribution in [1.82, 2.24) is 9.55 Å². The number of aryl methyl sites for hydroxylation is 2. The predicted molar refractivity (Wildman–Crippen MR) is 75.3 cm³/mol. The van der Waals surface area contributed by atoms with E-state index in [1.54, 1.807) is 0 Å². The van der Waals surface area contributed by atoms with E-state index >= 15 is 0 Å². The van der Waals surface area contributed by atoms with Crippen molar-refractivity contribution in [1.29, 1.82) is 0 Å². The van der Waals surface area contributed by atoms with Crippen LogP contribution in [0.5, 0.6) is 0 Å². The molecule has 0 aliphatic rings. The second kappa shape index (κ2) is 3.88. The molecule has 2 aromatic carbocycles. The number of nitrogens with zero attached hydrogens (tertiary/aromatic N) is 2. The van der Waals surface area contributed by atoms with Gasteiger partial charge in [0.05, 0.1) is 11.2 Å². The molecule has 3 heteroatoms. The van der Waals surface area contributed by atoms with Gasteiger partial charge in [0.1, 0.15) is 11.3 Å². The van der Waals surface area contributed by atoms with Gasteiger partial charge in [0.2, 0.25) is 0 Å². The number of imidazole rings is 1. The number of aromatic nitrogens is 2. The third kappa shape index (κ3) is 1.56. The number of hydrogen-bond acceptors (Lipinski definition) is 2. The highest BCUT2D eigenvalue weighted by Crippen LogP contribution is 2.26. The van der Waals surface area contributed by atoms with Crippen LogP contribution in [-0.4, -0.2) is 9.55 Å². The molecular formula is C15H15N3. The van der Waals surface area contributed by atoms with Crippen LogP contribution in [0.25, 0.3) is 22.4 Å². The monoisotopic (exact) mass is 237 g/mol. The number of hydrogen-bond donors (Lipinski definition) is 1. The smallest absolute Gasteiger partial charge is 0.140 e. The van der Waals surface area contributed by atoms with Crippen molar-refractivity contribution < 1.29 is 0 Å². The van der Waals surface area contributed by atoms with E-state index in [0.29, 0.717) is 0 Å². The fraction of sp³-hybridized carbons (Fsp3) is 0.133. The lowest BCUT2D eigenvalue weighted by Gasteiger charge is -2.02. The second-order valence-electron chi connectivity index (χ2n) is 4.58. The van der Waals surface area contributed by atoms with Crippen LogP contribution in [0, 0.1) is 6.92 Å². The fourth-order valence-corrected chi connectivity index (χ4v) is 2.20. The van der Waals surface area contributed by atoms with Crippen molar-refractivity contribution in [3.63, 3.8) is 0 Å². The minimum atomic E-state index is 0.724. The topological polar surface area (TPSA) is 43.8 Å². The van der Waals surface area contributed by atoms with E-state index in [1.165, 1.54) is 5.56 Å². The van der Waals surface area contributed by atoms with E-state index in [-0.39, 0.29) is 0 Å². The number of anilines is 1. The summed E-state index contributed by atoms with van der Waals surface area (Å²) in [5.41, 5.74) is 11.0. The third-order valence-electron chi connectivity index (χ3n) is 3.25. The van der Waals surface area contributed by atoms with Crippen molar-refractivity contribution >= 4 is 16.7 Å². The molecule has 0 aliphatic heterocycles. The van der Waals surface area contributed by atoms with Crippen molar-refractivity contribution in [2.45, 2.75) is 6.92 Å². The molecule has 90 valence electrons. The van der Waals surface area contributed by atoms with Crippen LogP contribution in [0.2, 0.25) is 0 Å². The van der Waals surface area contributed by atoms with Gasteiger partial charge in [0, 0.05) is 12.6 Å². The Labute approximate surface area is 106 Å². The summed E-state index contributed by atoms with van der Waals surface area (Å²) in [6, 6.07) is 14.2. The number of rotatable bonds is 1. The van der Waals surface area contributed by atoms with E-state index in [2.05, 4.69) is 40.7 Å². The standard InChI is InChI=1S/C15H15N3/c1-10-6-8-11(9-7-10)15-17-14-12(16)4-3-5-13(14)18(15)2/h3-9H,16H2,1-2H3. The number of nitrogen functional groups attached to an aromatic ring is 1. The average molecular weight is 237 g/mol. The van der Waals surface area contributed by atoms with E-state index in [0.717, 1.165) is 28.1 Å². The first-order valence-electron chi connectivity index (χ1n) is 5.95. The molecule has 3 aromatic rings. The Bertz CT molecular complexity index is 708. The molecule has 0 bridgehead atoms. The summed E-state index contributed by atoms with van der Waals surface area (Å²) in [5, 5.41) is 0. The summed E-state index contributed by atoms with van der Waals surface area (Å²) < 4.78 is 2.08. The molecular weight excluding hydrogens is 222 g/mol. The molecule has 0 radical (unpaired) electrons. The molecule has 2 N–H and O–H groups in total. The summed E-state index contributed by atoms with van der Waals surface area (Å²) in [5.74, 6) is 0.947. The largest absolute Gasteiger partial charge is 0.397 e. The van der Waals surface area contributed by atoms with Gasteiger partial charge >= 0.3 is 0 Å². The molecule has 0 fully saturated rings. The zero-order chi connectivity index (χ0) is 12.7. The Morgan fingerprint density at radius 1 is 1.06 bits per heavy atom. The van der Waals surface area contributed by atoms with E-state index < -0.39 is 0 Å². The number of benzene rings is 2. The Morgan fingerprint density at radius 2 is 1.78 bits per heavy atom. The van der Waals surface area contributed by atoms with Crippen LogP contribution in [0.1, 0.15) is 5.56 Å². The number of para-hydroxylation sites is 1. The molecule has 18 heavy (non-hydrogen) atoms. The Hall–Kier alpha value is -2.29. The van der Waals surface area contributed by atoms with Crippen LogP contribution < -0.4 is 5.73 Å². The van der Waals surface area contributed by atoms with Crippen molar-refractivity contribution in [3.8, 4) is 11.4 Å². The molecule has 0 amide bonds. The molecule has 0 spiro atoms. The van der Waals surface area contributed by atoms with Gasteiger partial charge in [-0.15, -0.1) is 0 Å². The van der Waals surface area contributed by atoms with Gasteiger partial charge in [0.15, 0.2) is 0 Å². The van der Waals surface area contributed by atoms with Gasteiger partial charge in [-0.25, -0.2) is 4.98 Å². The minimum absolute atomic E-state index is 0.724. The first-order chi connectivity index (χ1) is 8.66. The third-order valence-corrected chi connectivity index (χ3v) is 3.25. The average Bonchev–Trinajstić information content (AvgIpc) is 2.70. The highest BCUT2D eigenvalue weighted by molar-refractivity contribution is 5.90. The number of fused-ring (bicyclic) bond motifs is 1. The van der Waals surface area contributed by atoms with Crippen molar-refractivity contribution in [3.05, 3.63) is 48.0 Å². The summed E-state index contributed by atoms with van der Waals surface area (Å²) >= 11 is 0. The van der Waals surface area contributed by atoms with Gasteiger partial charge in [-0.05, 0) is 19.1 Å². The molecule has 1 heterocycles. The van der Waals surface area contributed by atoms with Gasteiger partial charge in [-0.1, -0.05) is 35.9 Å². The Morgan fingerprint density at radius 3 is 2.44 bits per heavy atom.